The molecule has 0 bridgehead atoms. The van der Waals surface area contributed by atoms with Gasteiger partial charge in [-0.25, -0.2) is 9.37 Å². The number of benzene rings is 1. The molecular formula is C24H22FN5O3S4. The van der Waals surface area contributed by atoms with Gasteiger partial charge in [-0.3, -0.25) is 9.59 Å². The van der Waals surface area contributed by atoms with Gasteiger partial charge < -0.3 is 15.0 Å². The highest BCUT2D eigenvalue weighted by molar-refractivity contribution is 8.01. The first-order valence-electron chi connectivity index (χ1n) is 10.8. The largest absolute Gasteiger partial charge is 0.481 e. The lowest BCUT2D eigenvalue weighted by Gasteiger charge is -2.17. The number of carboxylic acids is 1. The molecule has 8 nitrogen and oxygen atoms in total. The number of nitrogens with zero attached hydrogens (tertiary/aromatic N) is 4. The minimum absolute atomic E-state index is 0.219. The maximum Gasteiger partial charge on any atom is 0.309 e. The molecule has 0 spiro atoms. The van der Waals surface area contributed by atoms with Crippen molar-refractivity contribution >= 4 is 63.5 Å². The highest BCUT2D eigenvalue weighted by atomic mass is 32.2. The van der Waals surface area contributed by atoms with Gasteiger partial charge in [0.05, 0.1) is 14.6 Å². The molecule has 13 heteroatoms. The van der Waals surface area contributed by atoms with Crippen LogP contribution in [-0.2, 0) is 11.8 Å². The lowest BCUT2D eigenvalue weighted by molar-refractivity contribution is -0.145. The molecule has 2 N–H and O–H groups in total. The summed E-state index contributed by atoms with van der Waals surface area (Å²) in [6, 6.07) is 13.3. The Labute approximate surface area is 229 Å². The number of carbonyl (C=O) groups is 2. The number of hydrogen-bond acceptors (Lipinski definition) is 9. The quantitative estimate of drug-likeness (QED) is 0.215. The summed E-state index contributed by atoms with van der Waals surface area (Å²) in [6.07, 6.45) is 1.58. The van der Waals surface area contributed by atoms with Crippen LogP contribution in [0.3, 0.4) is 0 Å². The number of carboxylic acid groups (broad SMARTS) is 1. The van der Waals surface area contributed by atoms with Crippen LogP contribution in [0.15, 0.2) is 79.0 Å². The fraction of sp³-hybridized carbons (Fsp3) is 0.208. The lowest BCUT2D eigenvalue weighted by Crippen LogP contribution is -2.26. The molecule has 0 unspecified atom stereocenters. The van der Waals surface area contributed by atoms with Crippen molar-refractivity contribution in [1.29, 1.82) is 0 Å². The number of hydrogen-bond donors (Lipinski definition) is 2. The number of thioether (sulfide) groups is 1. The molecule has 0 saturated carbocycles. The molecule has 0 atom stereocenters. The third-order valence-electron chi connectivity index (χ3n) is 4.93. The van der Waals surface area contributed by atoms with Crippen molar-refractivity contribution in [3.8, 4) is 0 Å². The van der Waals surface area contributed by atoms with Crippen LogP contribution in [0.2, 0.25) is 0 Å². The zero-order valence-corrected chi connectivity index (χ0v) is 23.2. The van der Waals surface area contributed by atoms with Crippen molar-refractivity contribution < 1.29 is 19.1 Å². The number of amides is 1. The average Bonchev–Trinajstić information content (AvgIpc) is 3.48. The van der Waals surface area contributed by atoms with Crippen LogP contribution in [0.25, 0.3) is 0 Å². The Morgan fingerprint density at radius 3 is 2.54 bits per heavy atom. The molecule has 0 aliphatic heterocycles. The molecule has 3 aromatic heterocycles. The van der Waals surface area contributed by atoms with Gasteiger partial charge in [-0.1, -0.05) is 11.8 Å². The normalized spacial score (nSPS) is 11.5. The summed E-state index contributed by atoms with van der Waals surface area (Å²) in [4.78, 5) is 30.7. The smallest absolute Gasteiger partial charge is 0.309 e. The third kappa shape index (κ3) is 7.12. The fourth-order valence-corrected chi connectivity index (χ4v) is 6.51. The summed E-state index contributed by atoms with van der Waals surface area (Å²) in [7, 11) is 1.82. The molecule has 0 aliphatic rings. The van der Waals surface area contributed by atoms with Crippen LogP contribution in [0.4, 0.5) is 9.39 Å². The maximum absolute atomic E-state index is 13.4. The van der Waals surface area contributed by atoms with E-state index in [-0.39, 0.29) is 11.5 Å². The number of aliphatic carboxylic acids is 1. The highest BCUT2D eigenvalue weighted by Gasteiger charge is 2.27. The number of carbonyl (C=O) groups excluding carboxylic acids is 1. The topological polar surface area (TPSA) is 110 Å². The number of pyridine rings is 1. The van der Waals surface area contributed by atoms with Crippen molar-refractivity contribution in [3.05, 3.63) is 66.4 Å². The second-order valence-corrected chi connectivity index (χ2v) is 12.9. The van der Waals surface area contributed by atoms with Gasteiger partial charge in [0.25, 0.3) is 5.91 Å². The van der Waals surface area contributed by atoms with E-state index in [0.717, 1.165) is 9.10 Å². The molecule has 1 amide bonds. The number of nitrogens with one attached hydrogen (secondary N) is 1. The van der Waals surface area contributed by atoms with Gasteiger partial charge in [0.2, 0.25) is 0 Å². The van der Waals surface area contributed by atoms with Crippen molar-refractivity contribution in [2.24, 2.45) is 12.5 Å². The average molecular weight is 576 g/mol. The summed E-state index contributed by atoms with van der Waals surface area (Å²) in [5.74, 6) is -1.19. The minimum Gasteiger partial charge on any atom is -0.481 e. The summed E-state index contributed by atoms with van der Waals surface area (Å²) in [5.41, 5.74) is -0.647. The highest BCUT2D eigenvalue weighted by Crippen LogP contribution is 2.36. The number of rotatable bonds is 10. The number of thiophene rings is 1. The number of anilines is 1. The van der Waals surface area contributed by atoms with Gasteiger partial charge in [-0.15, -0.1) is 33.3 Å². The second kappa shape index (κ2) is 11.7. The van der Waals surface area contributed by atoms with Crippen molar-refractivity contribution in [2.75, 3.05) is 11.1 Å². The Hall–Kier alpha value is -2.87. The van der Waals surface area contributed by atoms with E-state index in [1.165, 1.54) is 58.8 Å². The summed E-state index contributed by atoms with van der Waals surface area (Å²) >= 11 is 5.39. The maximum atomic E-state index is 13.4. The van der Waals surface area contributed by atoms with Gasteiger partial charge in [-0.05, 0) is 74.1 Å². The Morgan fingerprint density at radius 1 is 1.11 bits per heavy atom. The monoisotopic (exact) mass is 575 g/mol. The SMILES string of the molecule is Cn1cnnc1Sc1ccc(Sc2ccc(F)cc2)c(C(=O)Nc2ccc(SCC(C)(C)C(=O)O)s2)n1. The Morgan fingerprint density at radius 2 is 1.86 bits per heavy atom. The summed E-state index contributed by atoms with van der Waals surface area (Å²) in [6.45, 7) is 3.35. The number of halogens is 1. The van der Waals surface area contributed by atoms with Crippen LogP contribution in [0.5, 0.6) is 0 Å². The van der Waals surface area contributed by atoms with E-state index in [4.69, 9.17) is 0 Å². The van der Waals surface area contributed by atoms with Gasteiger partial charge in [0.15, 0.2) is 5.16 Å². The Bertz CT molecular complexity index is 1420. The van der Waals surface area contributed by atoms with E-state index in [2.05, 4.69) is 20.5 Å². The lowest BCUT2D eigenvalue weighted by atomic mass is 9.97. The van der Waals surface area contributed by atoms with Crippen molar-refractivity contribution in [3.63, 3.8) is 0 Å². The van der Waals surface area contributed by atoms with Crippen molar-refractivity contribution in [2.45, 2.75) is 38.0 Å². The molecule has 37 heavy (non-hydrogen) atoms. The van der Waals surface area contributed by atoms with E-state index < -0.39 is 17.3 Å². The molecule has 192 valence electrons. The molecule has 4 aromatic rings. The second-order valence-electron chi connectivity index (χ2n) is 8.43. The molecule has 0 radical (unpaired) electrons. The predicted octanol–water partition coefficient (Wildman–Crippen LogP) is 6.17. The van der Waals surface area contributed by atoms with Gasteiger partial charge in [0.1, 0.15) is 22.9 Å². The van der Waals surface area contributed by atoms with Gasteiger partial charge in [0, 0.05) is 22.6 Å². The Kier molecular flexibility index (Phi) is 8.57. The van der Waals surface area contributed by atoms with Gasteiger partial charge in [-0.2, -0.15) is 0 Å². The van der Waals surface area contributed by atoms with Crippen LogP contribution < -0.4 is 5.32 Å². The van der Waals surface area contributed by atoms with E-state index >= 15 is 0 Å². The fourth-order valence-electron chi connectivity index (χ4n) is 2.77. The molecular weight excluding hydrogens is 554 g/mol. The Balaban J connectivity index is 1.55. The first-order valence-corrected chi connectivity index (χ1v) is 14.3. The first kappa shape index (κ1) is 27.2. The first-order chi connectivity index (χ1) is 17.6. The van der Waals surface area contributed by atoms with Crippen molar-refractivity contribution in [1.82, 2.24) is 19.7 Å². The van der Waals surface area contributed by atoms with Crippen LogP contribution in [0.1, 0.15) is 24.3 Å². The molecule has 0 saturated heterocycles. The number of aromatic nitrogens is 4. The summed E-state index contributed by atoms with van der Waals surface area (Å²) in [5, 5.41) is 22.0. The zero-order chi connectivity index (χ0) is 26.6. The predicted molar refractivity (Wildman–Crippen MR) is 144 cm³/mol. The van der Waals surface area contributed by atoms with Crippen LogP contribution in [0, 0.1) is 11.2 Å². The summed E-state index contributed by atoms with van der Waals surface area (Å²) < 4.78 is 16.0. The van der Waals surface area contributed by atoms with Crippen LogP contribution in [-0.4, -0.2) is 42.5 Å². The van der Waals surface area contributed by atoms with E-state index in [0.29, 0.717) is 25.8 Å². The zero-order valence-electron chi connectivity index (χ0n) is 20.0. The van der Waals surface area contributed by atoms with E-state index in [9.17, 15) is 19.1 Å². The molecule has 4 rings (SSSR count). The molecule has 1 aromatic carbocycles. The standard InChI is InChI=1S/C24H22FN5O3S4/c1-24(2,22(32)33)12-34-19-11-10-18(36-19)28-21(31)20-16(35-15-6-4-14(25)5-7-15)8-9-17(27-20)37-23-29-26-13-30(23)3/h4-11,13H,12H2,1-3H3,(H,28,31)(H,32,33). The number of aryl methyl sites for hydroxylation is 1. The minimum atomic E-state index is -0.866. The third-order valence-corrected chi connectivity index (χ3v) is 9.66. The molecule has 3 heterocycles. The van der Waals surface area contributed by atoms with E-state index in [1.54, 1.807) is 55.1 Å². The van der Waals surface area contributed by atoms with Gasteiger partial charge >= 0.3 is 5.97 Å². The van der Waals surface area contributed by atoms with Crippen LogP contribution >= 0.6 is 46.6 Å². The molecule has 0 aliphatic carbocycles. The molecule has 0 fully saturated rings. The van der Waals surface area contributed by atoms with E-state index in [1.807, 2.05) is 13.1 Å².